The standard InChI is InChI=1S/C9H15NO/c1-3-9(11)10-8-5-4-7(2)6-8/h3,7-8H,1,4-6H2,2H3,(H,10,11)/t7-,8+/m1/s1. The summed E-state index contributed by atoms with van der Waals surface area (Å²) in [6, 6.07) is 0.399. The average molecular weight is 153 g/mol. The van der Waals surface area contributed by atoms with E-state index in [4.69, 9.17) is 0 Å². The van der Waals surface area contributed by atoms with Gasteiger partial charge in [0.15, 0.2) is 0 Å². The second-order valence-corrected chi connectivity index (χ2v) is 3.33. The van der Waals surface area contributed by atoms with Crippen molar-refractivity contribution in [1.82, 2.24) is 5.32 Å². The Labute approximate surface area is 67.7 Å². The van der Waals surface area contributed by atoms with Gasteiger partial charge in [0, 0.05) is 6.04 Å². The average Bonchev–Trinajstić information content (AvgIpc) is 2.35. The number of carbonyl (C=O) groups is 1. The topological polar surface area (TPSA) is 29.1 Å². The molecule has 0 bridgehead atoms. The Morgan fingerprint density at radius 2 is 2.36 bits per heavy atom. The molecule has 0 aromatic rings. The molecule has 0 saturated heterocycles. The van der Waals surface area contributed by atoms with Gasteiger partial charge in [-0.2, -0.15) is 0 Å². The predicted octanol–water partition coefficient (Wildman–Crippen LogP) is 1.48. The summed E-state index contributed by atoms with van der Waals surface area (Å²) >= 11 is 0. The van der Waals surface area contributed by atoms with Crippen LogP contribution in [0, 0.1) is 5.92 Å². The molecule has 1 aliphatic carbocycles. The predicted molar refractivity (Wildman–Crippen MR) is 45.1 cm³/mol. The summed E-state index contributed by atoms with van der Waals surface area (Å²) in [5, 5.41) is 2.90. The smallest absolute Gasteiger partial charge is 0.243 e. The minimum absolute atomic E-state index is 0.0379. The second-order valence-electron chi connectivity index (χ2n) is 3.33. The van der Waals surface area contributed by atoms with Crippen molar-refractivity contribution < 1.29 is 4.79 Å². The first kappa shape index (κ1) is 8.31. The molecule has 1 N–H and O–H groups in total. The molecule has 0 radical (unpaired) electrons. The van der Waals surface area contributed by atoms with Gasteiger partial charge in [-0.15, -0.1) is 0 Å². The molecule has 0 heterocycles. The van der Waals surface area contributed by atoms with Crippen LogP contribution in [0.15, 0.2) is 12.7 Å². The minimum atomic E-state index is -0.0379. The molecule has 0 spiro atoms. The zero-order valence-electron chi connectivity index (χ0n) is 6.97. The molecule has 62 valence electrons. The van der Waals surface area contributed by atoms with E-state index in [1.54, 1.807) is 0 Å². The quantitative estimate of drug-likeness (QED) is 0.598. The maximum Gasteiger partial charge on any atom is 0.243 e. The molecule has 1 amide bonds. The van der Waals surface area contributed by atoms with E-state index < -0.39 is 0 Å². The molecular formula is C9H15NO. The lowest BCUT2D eigenvalue weighted by Gasteiger charge is -2.09. The monoisotopic (exact) mass is 153 g/mol. The van der Waals surface area contributed by atoms with Crippen LogP contribution in [0.1, 0.15) is 26.2 Å². The van der Waals surface area contributed by atoms with Crippen molar-refractivity contribution in [1.29, 1.82) is 0 Å². The van der Waals surface area contributed by atoms with E-state index in [1.165, 1.54) is 12.5 Å². The van der Waals surface area contributed by atoms with Crippen molar-refractivity contribution in [2.45, 2.75) is 32.2 Å². The highest BCUT2D eigenvalue weighted by Gasteiger charge is 2.21. The zero-order chi connectivity index (χ0) is 8.27. The summed E-state index contributed by atoms with van der Waals surface area (Å²) < 4.78 is 0. The summed E-state index contributed by atoms with van der Waals surface area (Å²) in [7, 11) is 0. The van der Waals surface area contributed by atoms with Gasteiger partial charge in [0.1, 0.15) is 0 Å². The van der Waals surface area contributed by atoms with Crippen LogP contribution in [0.25, 0.3) is 0 Å². The van der Waals surface area contributed by atoms with Crippen LogP contribution in [0.3, 0.4) is 0 Å². The highest BCUT2D eigenvalue weighted by Crippen LogP contribution is 2.24. The van der Waals surface area contributed by atoms with Gasteiger partial charge in [0.25, 0.3) is 0 Å². The fourth-order valence-corrected chi connectivity index (χ4v) is 1.60. The third-order valence-electron chi connectivity index (χ3n) is 2.23. The molecular weight excluding hydrogens is 138 g/mol. The molecule has 0 aromatic carbocycles. The first-order chi connectivity index (χ1) is 5.22. The van der Waals surface area contributed by atoms with Crippen LogP contribution in [0.2, 0.25) is 0 Å². The molecule has 2 heteroatoms. The van der Waals surface area contributed by atoms with E-state index in [2.05, 4.69) is 18.8 Å². The van der Waals surface area contributed by atoms with Crippen LogP contribution >= 0.6 is 0 Å². The summed E-state index contributed by atoms with van der Waals surface area (Å²) in [6.07, 6.45) is 4.82. The van der Waals surface area contributed by atoms with Gasteiger partial charge < -0.3 is 5.32 Å². The van der Waals surface area contributed by atoms with Gasteiger partial charge in [-0.3, -0.25) is 4.79 Å². The van der Waals surface area contributed by atoms with Crippen molar-refractivity contribution in [2.75, 3.05) is 0 Å². The van der Waals surface area contributed by atoms with Gasteiger partial charge in [-0.1, -0.05) is 13.5 Å². The molecule has 2 atom stereocenters. The summed E-state index contributed by atoms with van der Waals surface area (Å²) in [5.74, 6) is 0.731. The Morgan fingerprint density at radius 1 is 1.64 bits per heavy atom. The second kappa shape index (κ2) is 3.56. The Hall–Kier alpha value is -0.790. The highest BCUT2D eigenvalue weighted by atomic mass is 16.1. The lowest BCUT2D eigenvalue weighted by atomic mass is 10.1. The zero-order valence-corrected chi connectivity index (χ0v) is 6.97. The molecule has 0 unspecified atom stereocenters. The van der Waals surface area contributed by atoms with Crippen molar-refractivity contribution in [3.8, 4) is 0 Å². The third kappa shape index (κ3) is 2.37. The van der Waals surface area contributed by atoms with Gasteiger partial charge in [0.2, 0.25) is 5.91 Å². The largest absolute Gasteiger partial charge is 0.350 e. The highest BCUT2D eigenvalue weighted by molar-refractivity contribution is 5.87. The molecule has 1 aliphatic rings. The lowest BCUT2D eigenvalue weighted by molar-refractivity contribution is -0.117. The fourth-order valence-electron chi connectivity index (χ4n) is 1.60. The van der Waals surface area contributed by atoms with Crippen LogP contribution in [0.5, 0.6) is 0 Å². The van der Waals surface area contributed by atoms with Crippen molar-refractivity contribution in [3.63, 3.8) is 0 Å². The third-order valence-corrected chi connectivity index (χ3v) is 2.23. The first-order valence-corrected chi connectivity index (χ1v) is 4.15. The summed E-state index contributed by atoms with van der Waals surface area (Å²) in [6.45, 7) is 5.63. The van der Waals surface area contributed by atoms with Crippen LogP contribution in [-0.4, -0.2) is 11.9 Å². The molecule has 0 aliphatic heterocycles. The van der Waals surface area contributed by atoms with E-state index in [9.17, 15) is 4.79 Å². The van der Waals surface area contributed by atoms with Crippen molar-refractivity contribution in [3.05, 3.63) is 12.7 Å². The normalized spacial score (nSPS) is 29.9. The number of nitrogens with one attached hydrogen (secondary N) is 1. The van der Waals surface area contributed by atoms with Gasteiger partial charge in [-0.25, -0.2) is 0 Å². The van der Waals surface area contributed by atoms with Crippen LogP contribution < -0.4 is 5.32 Å². The summed E-state index contributed by atoms with van der Waals surface area (Å²) in [5.41, 5.74) is 0. The van der Waals surface area contributed by atoms with E-state index in [-0.39, 0.29) is 5.91 Å². The van der Waals surface area contributed by atoms with Crippen molar-refractivity contribution >= 4 is 5.91 Å². The number of carbonyl (C=O) groups excluding carboxylic acids is 1. The van der Waals surface area contributed by atoms with Gasteiger partial charge in [0.05, 0.1) is 0 Å². The van der Waals surface area contributed by atoms with Crippen molar-refractivity contribution in [2.24, 2.45) is 5.92 Å². The molecule has 11 heavy (non-hydrogen) atoms. The number of hydrogen-bond donors (Lipinski definition) is 1. The first-order valence-electron chi connectivity index (χ1n) is 4.15. The Balaban J connectivity index is 2.28. The Kier molecular flexibility index (Phi) is 2.69. The molecule has 2 nitrogen and oxygen atoms in total. The maximum atomic E-state index is 10.8. The van der Waals surface area contributed by atoms with E-state index in [0.29, 0.717) is 6.04 Å². The van der Waals surface area contributed by atoms with E-state index >= 15 is 0 Å². The van der Waals surface area contributed by atoms with Crippen LogP contribution in [-0.2, 0) is 4.79 Å². The number of hydrogen-bond acceptors (Lipinski definition) is 1. The van der Waals surface area contributed by atoms with E-state index in [1.807, 2.05) is 0 Å². The maximum absolute atomic E-state index is 10.8. The SMILES string of the molecule is C=CC(=O)N[C@H]1CC[C@@H](C)C1. The Morgan fingerprint density at radius 3 is 2.82 bits per heavy atom. The summed E-state index contributed by atoms with van der Waals surface area (Å²) in [4.78, 5) is 10.8. The van der Waals surface area contributed by atoms with Crippen LogP contribution in [0.4, 0.5) is 0 Å². The molecule has 1 fully saturated rings. The van der Waals surface area contributed by atoms with Gasteiger partial charge in [-0.05, 0) is 31.3 Å². The number of rotatable bonds is 2. The van der Waals surface area contributed by atoms with Gasteiger partial charge >= 0.3 is 0 Å². The Bertz CT molecular complexity index is 165. The minimum Gasteiger partial charge on any atom is -0.350 e. The number of amides is 1. The fraction of sp³-hybridized carbons (Fsp3) is 0.667. The molecule has 0 aromatic heterocycles. The molecule has 1 saturated carbocycles. The molecule has 1 rings (SSSR count). The van der Waals surface area contributed by atoms with E-state index in [0.717, 1.165) is 18.8 Å². The lowest BCUT2D eigenvalue weighted by Crippen LogP contribution is -2.31.